The molecule has 0 spiro atoms. The van der Waals surface area contributed by atoms with E-state index in [0.29, 0.717) is 4.77 Å². The largest absolute Gasteiger partial charge is 0.329 e. The second-order valence-electron chi connectivity index (χ2n) is 4.55. The van der Waals surface area contributed by atoms with Crippen molar-refractivity contribution >= 4 is 39.2 Å². The van der Waals surface area contributed by atoms with Gasteiger partial charge in [-0.3, -0.25) is 9.55 Å². The molecule has 2 aromatic heterocycles. The van der Waals surface area contributed by atoms with Gasteiger partial charge >= 0.3 is 0 Å². The summed E-state index contributed by atoms with van der Waals surface area (Å²) in [6.45, 7) is 4.17. The molecule has 3 nitrogen and oxygen atoms in total. The monoisotopic (exact) mass is 333 g/mol. The number of pyridine rings is 1. The minimum atomic E-state index is 0.684. The lowest BCUT2D eigenvalue weighted by Gasteiger charge is -2.09. The van der Waals surface area contributed by atoms with E-state index in [0.717, 1.165) is 21.2 Å². The van der Waals surface area contributed by atoms with Crippen LogP contribution in [0.2, 0.25) is 0 Å². The number of nitrogens with zero attached hydrogens (tertiary/aromatic N) is 2. The van der Waals surface area contributed by atoms with Gasteiger partial charge in [-0.1, -0.05) is 15.9 Å². The Kier molecular flexibility index (Phi) is 3.03. The third kappa shape index (κ3) is 2.03. The van der Waals surface area contributed by atoms with Crippen molar-refractivity contribution in [2.45, 2.75) is 13.8 Å². The van der Waals surface area contributed by atoms with E-state index in [1.165, 1.54) is 11.1 Å². The molecule has 1 N–H and O–H groups in total. The van der Waals surface area contributed by atoms with Crippen LogP contribution in [0.5, 0.6) is 0 Å². The summed E-state index contributed by atoms with van der Waals surface area (Å²) in [6.07, 6.45) is 3.57. The van der Waals surface area contributed by atoms with Crippen LogP contribution < -0.4 is 0 Å². The molecule has 19 heavy (non-hydrogen) atoms. The molecule has 1 aromatic carbocycles. The summed E-state index contributed by atoms with van der Waals surface area (Å²) in [5, 5.41) is 0. The van der Waals surface area contributed by atoms with E-state index in [4.69, 9.17) is 12.2 Å². The summed E-state index contributed by atoms with van der Waals surface area (Å²) in [4.78, 5) is 7.29. The fourth-order valence-corrected chi connectivity index (χ4v) is 2.81. The van der Waals surface area contributed by atoms with Crippen LogP contribution in [0.1, 0.15) is 11.1 Å². The van der Waals surface area contributed by atoms with Crippen molar-refractivity contribution in [3.63, 3.8) is 0 Å². The molecule has 0 amide bonds. The fraction of sp³-hybridized carbons (Fsp3) is 0.143. The molecule has 0 saturated heterocycles. The second kappa shape index (κ2) is 4.58. The van der Waals surface area contributed by atoms with Gasteiger partial charge in [0, 0.05) is 16.4 Å². The van der Waals surface area contributed by atoms with Crippen molar-refractivity contribution in [1.82, 2.24) is 14.5 Å². The number of aromatic amines is 1. The normalized spacial score (nSPS) is 11.1. The summed E-state index contributed by atoms with van der Waals surface area (Å²) in [5.74, 6) is 0. The Balaban J connectivity index is 2.36. The van der Waals surface area contributed by atoms with E-state index >= 15 is 0 Å². The summed E-state index contributed by atoms with van der Waals surface area (Å²) < 4.78 is 3.87. The predicted octanol–water partition coefficient (Wildman–Crippen LogP) is 4.46. The molecule has 0 bridgehead atoms. The van der Waals surface area contributed by atoms with E-state index in [-0.39, 0.29) is 0 Å². The molecule has 0 aliphatic heterocycles. The van der Waals surface area contributed by atoms with Gasteiger partial charge in [0.25, 0.3) is 0 Å². The number of hydrogen-bond donors (Lipinski definition) is 1. The van der Waals surface area contributed by atoms with Gasteiger partial charge < -0.3 is 4.98 Å². The van der Waals surface area contributed by atoms with Crippen LogP contribution in [0.3, 0.4) is 0 Å². The minimum absolute atomic E-state index is 0.684. The lowest BCUT2D eigenvalue weighted by Crippen LogP contribution is -1.96. The molecule has 96 valence electrons. The summed E-state index contributed by atoms with van der Waals surface area (Å²) >= 11 is 9.01. The lowest BCUT2D eigenvalue weighted by molar-refractivity contribution is 1.05. The van der Waals surface area contributed by atoms with Gasteiger partial charge in [-0.15, -0.1) is 0 Å². The number of halogens is 1. The quantitative estimate of drug-likeness (QED) is 0.667. The number of aromatic nitrogens is 3. The highest BCUT2D eigenvalue weighted by atomic mass is 79.9. The first-order chi connectivity index (χ1) is 9.08. The molecular formula is C14H12BrN3S. The van der Waals surface area contributed by atoms with Gasteiger partial charge in [-0.25, -0.2) is 0 Å². The molecular weight excluding hydrogens is 322 g/mol. The van der Waals surface area contributed by atoms with Crippen LogP contribution in [-0.4, -0.2) is 14.5 Å². The van der Waals surface area contributed by atoms with Crippen LogP contribution in [0.15, 0.2) is 35.1 Å². The number of nitrogens with one attached hydrogen (secondary N) is 1. The average Bonchev–Trinajstić information content (AvgIpc) is 2.71. The Morgan fingerprint density at radius 2 is 1.95 bits per heavy atom. The van der Waals surface area contributed by atoms with Crippen molar-refractivity contribution in [2.75, 3.05) is 0 Å². The first kappa shape index (κ1) is 12.6. The molecule has 0 aliphatic rings. The van der Waals surface area contributed by atoms with Crippen molar-refractivity contribution in [3.05, 3.63) is 51.0 Å². The van der Waals surface area contributed by atoms with Gasteiger partial charge in [0.05, 0.1) is 17.2 Å². The fourth-order valence-electron chi connectivity index (χ4n) is 2.27. The van der Waals surface area contributed by atoms with Crippen LogP contribution in [-0.2, 0) is 0 Å². The van der Waals surface area contributed by atoms with Gasteiger partial charge in [0.2, 0.25) is 0 Å². The SMILES string of the molecule is Cc1cc(-n2c(=S)[nH]c3cnccc32)cc(C)c1Br. The van der Waals surface area contributed by atoms with Crippen LogP contribution in [0.25, 0.3) is 16.7 Å². The number of benzene rings is 1. The highest BCUT2D eigenvalue weighted by Crippen LogP contribution is 2.26. The lowest BCUT2D eigenvalue weighted by atomic mass is 10.1. The van der Waals surface area contributed by atoms with Crippen LogP contribution in [0, 0.1) is 18.6 Å². The zero-order valence-electron chi connectivity index (χ0n) is 10.6. The van der Waals surface area contributed by atoms with Gasteiger partial charge in [-0.05, 0) is 55.4 Å². The Labute approximate surface area is 124 Å². The average molecular weight is 334 g/mol. The standard InChI is InChI=1S/C14H12BrN3S/c1-8-5-10(6-9(2)13(8)15)18-12-3-4-16-7-11(12)17-14(18)19/h3-7H,1-2H3,(H,17,19). The molecule has 0 fully saturated rings. The molecule has 3 rings (SSSR count). The Morgan fingerprint density at radius 3 is 2.63 bits per heavy atom. The molecule has 2 heterocycles. The molecule has 0 saturated carbocycles. The first-order valence-corrected chi connectivity index (χ1v) is 7.10. The maximum absolute atomic E-state index is 5.42. The van der Waals surface area contributed by atoms with Crippen molar-refractivity contribution in [3.8, 4) is 5.69 Å². The maximum Gasteiger partial charge on any atom is 0.182 e. The molecule has 5 heteroatoms. The smallest absolute Gasteiger partial charge is 0.182 e. The number of imidazole rings is 1. The highest BCUT2D eigenvalue weighted by molar-refractivity contribution is 9.10. The van der Waals surface area contributed by atoms with E-state index in [9.17, 15) is 0 Å². The highest BCUT2D eigenvalue weighted by Gasteiger charge is 2.09. The van der Waals surface area contributed by atoms with Gasteiger partial charge in [-0.2, -0.15) is 0 Å². The van der Waals surface area contributed by atoms with E-state index in [1.807, 2.05) is 10.6 Å². The topological polar surface area (TPSA) is 33.6 Å². The number of fused-ring (bicyclic) bond motifs is 1. The second-order valence-corrected chi connectivity index (χ2v) is 5.73. The first-order valence-electron chi connectivity index (χ1n) is 5.90. The van der Waals surface area contributed by atoms with Crippen molar-refractivity contribution in [1.29, 1.82) is 0 Å². The molecule has 0 unspecified atom stereocenters. The summed E-state index contributed by atoms with van der Waals surface area (Å²) in [5.41, 5.74) is 5.45. The van der Waals surface area contributed by atoms with Crippen molar-refractivity contribution in [2.24, 2.45) is 0 Å². The summed E-state index contributed by atoms with van der Waals surface area (Å²) in [7, 11) is 0. The minimum Gasteiger partial charge on any atom is -0.329 e. The van der Waals surface area contributed by atoms with Crippen LogP contribution >= 0.6 is 28.1 Å². The van der Waals surface area contributed by atoms with Crippen LogP contribution in [0.4, 0.5) is 0 Å². The zero-order valence-corrected chi connectivity index (χ0v) is 13.0. The summed E-state index contributed by atoms with van der Waals surface area (Å²) in [6, 6.07) is 6.22. The van der Waals surface area contributed by atoms with E-state index in [2.05, 4.69) is 51.9 Å². The number of hydrogen-bond acceptors (Lipinski definition) is 2. The Bertz CT molecular complexity index is 809. The maximum atomic E-state index is 5.42. The Morgan fingerprint density at radius 1 is 1.26 bits per heavy atom. The Hall–Kier alpha value is -1.46. The van der Waals surface area contributed by atoms with Gasteiger partial charge in [0.15, 0.2) is 4.77 Å². The van der Waals surface area contributed by atoms with E-state index in [1.54, 1.807) is 12.4 Å². The molecule has 0 aliphatic carbocycles. The zero-order chi connectivity index (χ0) is 13.6. The number of H-pyrrole nitrogens is 1. The van der Waals surface area contributed by atoms with E-state index < -0.39 is 0 Å². The third-order valence-electron chi connectivity index (χ3n) is 3.16. The molecule has 0 radical (unpaired) electrons. The molecule has 3 aromatic rings. The number of aryl methyl sites for hydroxylation is 2. The molecule has 0 atom stereocenters. The predicted molar refractivity (Wildman–Crippen MR) is 83.4 cm³/mol. The number of rotatable bonds is 1. The van der Waals surface area contributed by atoms with Crippen molar-refractivity contribution < 1.29 is 0 Å². The third-order valence-corrected chi connectivity index (χ3v) is 4.70. The van der Waals surface area contributed by atoms with Gasteiger partial charge in [0.1, 0.15) is 0 Å².